The summed E-state index contributed by atoms with van der Waals surface area (Å²) in [5.41, 5.74) is 3.15. The third-order valence-electron chi connectivity index (χ3n) is 5.34. The molecule has 0 radical (unpaired) electrons. The fourth-order valence-corrected chi connectivity index (χ4v) is 5.62. The van der Waals surface area contributed by atoms with Crippen LogP contribution in [0.25, 0.3) is 0 Å². The number of carbonyl (C=O) groups is 1. The van der Waals surface area contributed by atoms with E-state index in [0.717, 1.165) is 19.9 Å². The smallest absolute Gasteiger partial charge is 0.243 e. The molecule has 0 aromatic heterocycles. The van der Waals surface area contributed by atoms with Crippen molar-refractivity contribution in [1.29, 1.82) is 0 Å². The second kappa shape index (κ2) is 11.4. The Balaban J connectivity index is 1.93. The number of hydrogen-bond donors (Lipinski definition) is 1. The zero-order valence-electron chi connectivity index (χ0n) is 18.8. The lowest BCUT2D eigenvalue weighted by molar-refractivity contribution is -0.116. The van der Waals surface area contributed by atoms with Gasteiger partial charge in [-0.1, -0.05) is 53.5 Å². The van der Waals surface area contributed by atoms with Gasteiger partial charge < -0.3 is 5.32 Å². The summed E-state index contributed by atoms with van der Waals surface area (Å²) < 4.78 is 42.2. The van der Waals surface area contributed by atoms with Gasteiger partial charge in [0.05, 0.1) is 11.4 Å². The summed E-state index contributed by atoms with van der Waals surface area (Å²) in [6.07, 6.45) is 1.40. The summed E-state index contributed by atoms with van der Waals surface area (Å²) in [4.78, 5) is 13.1. The largest absolute Gasteiger partial charge is 0.324 e. The molecule has 0 unspecified atom stereocenters. The Labute approximate surface area is 213 Å². The van der Waals surface area contributed by atoms with E-state index in [-0.39, 0.29) is 11.4 Å². The van der Waals surface area contributed by atoms with Gasteiger partial charge >= 0.3 is 0 Å². The van der Waals surface area contributed by atoms with Crippen LogP contribution in [0.3, 0.4) is 0 Å². The number of nitrogens with one attached hydrogen (secondary N) is 1. The van der Waals surface area contributed by atoms with Crippen LogP contribution in [-0.4, -0.2) is 25.2 Å². The van der Waals surface area contributed by atoms with Gasteiger partial charge in [-0.2, -0.15) is 4.31 Å². The van der Waals surface area contributed by atoms with Crippen molar-refractivity contribution in [3.8, 4) is 0 Å². The van der Waals surface area contributed by atoms with Crippen LogP contribution < -0.4 is 5.32 Å². The molecule has 0 bridgehead atoms. The molecule has 0 heterocycles. The molecule has 0 saturated carbocycles. The molecule has 9 heteroatoms. The predicted molar refractivity (Wildman–Crippen MR) is 137 cm³/mol. The SMILES string of the molecule is CCc1cc(Br)cc(CC)c1NC(=O)CN(Cc1ccc(F)cc1)S(=O)(=O)c1ccc(Cl)cc1. The Hall–Kier alpha value is -2.26. The van der Waals surface area contributed by atoms with Crippen molar-refractivity contribution >= 4 is 49.1 Å². The van der Waals surface area contributed by atoms with E-state index >= 15 is 0 Å². The first-order valence-corrected chi connectivity index (χ1v) is 13.4. The Morgan fingerprint density at radius 1 is 1.00 bits per heavy atom. The first-order chi connectivity index (χ1) is 16.1. The lowest BCUT2D eigenvalue weighted by Crippen LogP contribution is -2.37. The van der Waals surface area contributed by atoms with Crippen molar-refractivity contribution in [3.63, 3.8) is 0 Å². The van der Waals surface area contributed by atoms with Crippen molar-refractivity contribution in [3.05, 3.63) is 92.7 Å². The van der Waals surface area contributed by atoms with Crippen LogP contribution in [0.1, 0.15) is 30.5 Å². The van der Waals surface area contributed by atoms with Crippen LogP contribution in [0.4, 0.5) is 10.1 Å². The van der Waals surface area contributed by atoms with Gasteiger partial charge in [-0.15, -0.1) is 0 Å². The van der Waals surface area contributed by atoms with Crippen molar-refractivity contribution in [1.82, 2.24) is 4.31 Å². The predicted octanol–water partition coefficient (Wildman–Crippen LogP) is 6.20. The van der Waals surface area contributed by atoms with E-state index in [1.54, 1.807) is 0 Å². The molecule has 3 rings (SSSR count). The van der Waals surface area contributed by atoms with E-state index in [1.807, 2.05) is 26.0 Å². The molecule has 0 saturated heterocycles. The van der Waals surface area contributed by atoms with Gasteiger partial charge in [-0.3, -0.25) is 4.79 Å². The Morgan fingerprint density at radius 3 is 2.09 bits per heavy atom. The molecular weight excluding hydrogens is 543 g/mol. The molecule has 1 N–H and O–H groups in total. The normalized spacial score (nSPS) is 11.6. The van der Waals surface area contributed by atoms with Crippen LogP contribution in [-0.2, 0) is 34.2 Å². The summed E-state index contributed by atoms with van der Waals surface area (Å²) in [5.74, 6) is -0.894. The van der Waals surface area contributed by atoms with Crippen molar-refractivity contribution in [2.24, 2.45) is 0 Å². The molecule has 0 fully saturated rings. The van der Waals surface area contributed by atoms with Gasteiger partial charge in [0.15, 0.2) is 0 Å². The Morgan fingerprint density at radius 2 is 1.56 bits per heavy atom. The van der Waals surface area contributed by atoms with Gasteiger partial charge in [0.25, 0.3) is 0 Å². The molecule has 1 amide bonds. The minimum absolute atomic E-state index is 0.0129. The zero-order valence-corrected chi connectivity index (χ0v) is 22.0. The van der Waals surface area contributed by atoms with Crippen LogP contribution in [0.5, 0.6) is 0 Å². The first-order valence-electron chi connectivity index (χ1n) is 10.7. The molecule has 0 aliphatic rings. The zero-order chi connectivity index (χ0) is 24.9. The molecule has 180 valence electrons. The summed E-state index contributed by atoms with van der Waals surface area (Å²) in [6, 6.07) is 15.1. The summed E-state index contributed by atoms with van der Waals surface area (Å²) in [5, 5.41) is 3.32. The summed E-state index contributed by atoms with van der Waals surface area (Å²) >= 11 is 9.42. The molecule has 0 aliphatic carbocycles. The molecule has 3 aromatic rings. The molecule has 5 nitrogen and oxygen atoms in total. The number of halogens is 3. The van der Waals surface area contributed by atoms with E-state index in [1.165, 1.54) is 48.5 Å². The number of hydrogen-bond acceptors (Lipinski definition) is 3. The molecule has 0 aliphatic heterocycles. The minimum Gasteiger partial charge on any atom is -0.324 e. The highest BCUT2D eigenvalue weighted by molar-refractivity contribution is 9.10. The van der Waals surface area contributed by atoms with E-state index in [2.05, 4.69) is 21.2 Å². The van der Waals surface area contributed by atoms with E-state index < -0.39 is 28.3 Å². The van der Waals surface area contributed by atoms with Gasteiger partial charge in [0.2, 0.25) is 15.9 Å². The fourth-order valence-electron chi connectivity index (χ4n) is 3.56. The van der Waals surface area contributed by atoms with Crippen LogP contribution >= 0.6 is 27.5 Å². The average molecular weight is 568 g/mol. The number of sulfonamides is 1. The van der Waals surface area contributed by atoms with E-state index in [0.29, 0.717) is 29.1 Å². The summed E-state index contributed by atoms with van der Waals surface area (Å²) in [6.45, 7) is 3.47. The minimum atomic E-state index is -4.04. The van der Waals surface area contributed by atoms with Crippen LogP contribution in [0.2, 0.25) is 5.02 Å². The fraction of sp³-hybridized carbons (Fsp3) is 0.240. The highest BCUT2D eigenvalue weighted by Gasteiger charge is 2.27. The van der Waals surface area contributed by atoms with Gasteiger partial charge in [0.1, 0.15) is 5.82 Å². The topological polar surface area (TPSA) is 66.5 Å². The summed E-state index contributed by atoms with van der Waals surface area (Å²) in [7, 11) is -4.04. The first kappa shape index (κ1) is 26.3. The van der Waals surface area contributed by atoms with Crippen LogP contribution in [0.15, 0.2) is 70.0 Å². The van der Waals surface area contributed by atoms with E-state index in [4.69, 9.17) is 11.6 Å². The molecular formula is C25H25BrClFN2O3S. The monoisotopic (exact) mass is 566 g/mol. The quantitative estimate of drug-likeness (QED) is 0.335. The number of anilines is 1. The maximum atomic E-state index is 13.4. The Bertz CT molecular complexity index is 1240. The van der Waals surface area contributed by atoms with Crippen molar-refractivity contribution in [2.75, 3.05) is 11.9 Å². The third-order valence-corrected chi connectivity index (χ3v) is 7.85. The highest BCUT2D eigenvalue weighted by atomic mass is 79.9. The second-order valence-corrected chi connectivity index (χ2v) is 11.0. The number of amides is 1. The van der Waals surface area contributed by atoms with Crippen LogP contribution in [0, 0.1) is 5.82 Å². The third kappa shape index (κ3) is 6.44. The van der Waals surface area contributed by atoms with Crippen molar-refractivity contribution < 1.29 is 17.6 Å². The number of nitrogens with zero attached hydrogens (tertiary/aromatic N) is 1. The van der Waals surface area contributed by atoms with Gasteiger partial charge in [-0.05, 0) is 78.1 Å². The van der Waals surface area contributed by atoms with Crippen molar-refractivity contribution in [2.45, 2.75) is 38.1 Å². The average Bonchev–Trinajstić information content (AvgIpc) is 2.81. The number of rotatable bonds is 9. The molecule has 0 spiro atoms. The van der Waals surface area contributed by atoms with E-state index in [9.17, 15) is 17.6 Å². The highest BCUT2D eigenvalue weighted by Crippen LogP contribution is 2.28. The lowest BCUT2D eigenvalue weighted by atomic mass is 10.0. The standard InChI is InChI=1S/C25H25BrClFN2O3S/c1-3-18-13-20(26)14-19(4-2)25(18)29-24(31)16-30(15-17-5-9-22(28)10-6-17)34(32,33)23-11-7-21(27)8-12-23/h5-14H,3-4,15-16H2,1-2H3,(H,29,31). The van der Waals surface area contributed by atoms with Gasteiger partial charge in [0, 0.05) is 21.7 Å². The maximum Gasteiger partial charge on any atom is 0.243 e. The number of benzene rings is 3. The molecule has 0 atom stereocenters. The second-order valence-electron chi connectivity index (χ2n) is 7.71. The Kier molecular flexibility index (Phi) is 8.87. The molecule has 3 aromatic carbocycles. The van der Waals surface area contributed by atoms with Gasteiger partial charge in [-0.25, -0.2) is 12.8 Å². The molecule has 34 heavy (non-hydrogen) atoms. The lowest BCUT2D eigenvalue weighted by Gasteiger charge is -2.23. The number of carbonyl (C=O) groups excluding carboxylic acids is 1. The maximum absolute atomic E-state index is 13.4. The number of aryl methyl sites for hydroxylation is 2.